The summed E-state index contributed by atoms with van der Waals surface area (Å²) in [5, 5.41) is 2.74. The van der Waals surface area contributed by atoms with Gasteiger partial charge in [0.05, 0.1) is 0 Å². The number of carbonyl (C=O) groups excluding carboxylic acids is 2. The summed E-state index contributed by atoms with van der Waals surface area (Å²) in [5.41, 5.74) is -0.951. The van der Waals surface area contributed by atoms with E-state index in [4.69, 9.17) is 0 Å². The van der Waals surface area contributed by atoms with E-state index in [0.29, 0.717) is 5.92 Å². The van der Waals surface area contributed by atoms with Gasteiger partial charge in [0, 0.05) is 5.54 Å². The maximum absolute atomic E-state index is 12.3. The minimum absolute atomic E-state index is 0.0315. The molecule has 2 aliphatic rings. The van der Waals surface area contributed by atoms with Gasteiger partial charge in [-0.15, -0.1) is 0 Å². The lowest BCUT2D eigenvalue weighted by Gasteiger charge is -2.46. The highest BCUT2D eigenvalue weighted by Gasteiger charge is 2.50. The molecular weight excluding hydrogens is 204 g/mol. The number of nitrogens with zero attached hydrogens (tertiary/aromatic N) is 1. The van der Waals surface area contributed by atoms with Gasteiger partial charge in [0.25, 0.3) is 0 Å². The SMILES string of the molecule is CC1(C)NC(=O)CN(C(C)(C)C2CC2)C1=O. The monoisotopic (exact) mass is 224 g/mol. The quantitative estimate of drug-likeness (QED) is 0.758. The Hall–Kier alpha value is -1.06. The minimum atomic E-state index is -0.762. The molecule has 2 rings (SSSR count). The summed E-state index contributed by atoms with van der Waals surface area (Å²) in [5.74, 6) is 0.528. The van der Waals surface area contributed by atoms with Gasteiger partial charge >= 0.3 is 0 Å². The van der Waals surface area contributed by atoms with Crippen molar-refractivity contribution in [2.24, 2.45) is 5.92 Å². The zero-order chi connectivity index (χ0) is 12.1. The third kappa shape index (κ3) is 1.70. The highest BCUT2D eigenvalue weighted by Crippen LogP contribution is 2.43. The van der Waals surface area contributed by atoms with Crippen LogP contribution < -0.4 is 5.32 Å². The molecule has 0 aromatic heterocycles. The van der Waals surface area contributed by atoms with Crippen molar-refractivity contribution in [2.75, 3.05) is 6.54 Å². The highest BCUT2D eigenvalue weighted by atomic mass is 16.2. The zero-order valence-corrected chi connectivity index (χ0v) is 10.5. The maximum Gasteiger partial charge on any atom is 0.248 e. The number of hydrogen-bond donors (Lipinski definition) is 1. The van der Waals surface area contributed by atoms with Crippen LogP contribution in [0.15, 0.2) is 0 Å². The molecule has 2 fully saturated rings. The van der Waals surface area contributed by atoms with Crippen molar-refractivity contribution in [3.63, 3.8) is 0 Å². The van der Waals surface area contributed by atoms with Crippen molar-refractivity contribution in [3.05, 3.63) is 0 Å². The second kappa shape index (κ2) is 3.22. The first-order chi connectivity index (χ1) is 7.25. The van der Waals surface area contributed by atoms with E-state index in [2.05, 4.69) is 19.2 Å². The molecule has 1 heterocycles. The van der Waals surface area contributed by atoms with Crippen molar-refractivity contribution in [1.82, 2.24) is 10.2 Å². The van der Waals surface area contributed by atoms with Gasteiger partial charge in [-0.1, -0.05) is 0 Å². The largest absolute Gasteiger partial charge is 0.341 e. The zero-order valence-electron chi connectivity index (χ0n) is 10.5. The summed E-state index contributed by atoms with van der Waals surface area (Å²) in [6.07, 6.45) is 2.33. The van der Waals surface area contributed by atoms with Crippen LogP contribution in [0.1, 0.15) is 40.5 Å². The van der Waals surface area contributed by atoms with Crippen LogP contribution in [-0.2, 0) is 9.59 Å². The second-order valence-corrected chi connectivity index (χ2v) is 5.99. The predicted octanol–water partition coefficient (Wildman–Crippen LogP) is 0.912. The predicted molar refractivity (Wildman–Crippen MR) is 60.7 cm³/mol. The average molecular weight is 224 g/mol. The van der Waals surface area contributed by atoms with E-state index in [9.17, 15) is 9.59 Å². The molecule has 0 spiro atoms. The Morgan fingerprint density at radius 3 is 2.38 bits per heavy atom. The first-order valence-electron chi connectivity index (χ1n) is 5.88. The standard InChI is InChI=1S/C12H20N2O2/c1-11(2)10(16)14(7-9(15)13-11)12(3,4)8-5-6-8/h8H,5-7H2,1-4H3,(H,13,15). The fraction of sp³-hybridized carbons (Fsp3) is 0.833. The summed E-state index contributed by atoms with van der Waals surface area (Å²) < 4.78 is 0. The Kier molecular flexibility index (Phi) is 2.30. The first-order valence-corrected chi connectivity index (χ1v) is 5.88. The van der Waals surface area contributed by atoms with Gasteiger partial charge in [0.15, 0.2) is 0 Å². The van der Waals surface area contributed by atoms with Crippen LogP contribution in [-0.4, -0.2) is 34.3 Å². The Morgan fingerprint density at radius 2 is 1.88 bits per heavy atom. The van der Waals surface area contributed by atoms with Crippen LogP contribution in [0, 0.1) is 5.92 Å². The number of carbonyl (C=O) groups is 2. The Labute approximate surface area is 96.4 Å². The molecule has 0 bridgehead atoms. The Balaban J connectivity index is 2.26. The third-order valence-corrected chi connectivity index (χ3v) is 3.81. The van der Waals surface area contributed by atoms with Gasteiger partial charge in [-0.25, -0.2) is 0 Å². The van der Waals surface area contributed by atoms with Crippen molar-refractivity contribution in [3.8, 4) is 0 Å². The number of hydrogen-bond acceptors (Lipinski definition) is 2. The van der Waals surface area contributed by atoms with Gasteiger partial charge in [-0.05, 0) is 46.5 Å². The molecule has 4 heteroatoms. The number of amides is 2. The lowest BCUT2D eigenvalue weighted by Crippen LogP contribution is -2.68. The Morgan fingerprint density at radius 1 is 1.31 bits per heavy atom. The summed E-state index contributed by atoms with van der Waals surface area (Å²) >= 11 is 0. The Bertz CT molecular complexity index is 343. The highest BCUT2D eigenvalue weighted by molar-refractivity contribution is 5.97. The van der Waals surface area contributed by atoms with E-state index in [1.54, 1.807) is 18.7 Å². The molecule has 16 heavy (non-hydrogen) atoms. The van der Waals surface area contributed by atoms with E-state index >= 15 is 0 Å². The normalized spacial score (nSPS) is 25.6. The fourth-order valence-corrected chi connectivity index (χ4v) is 2.47. The summed E-state index contributed by atoms with van der Waals surface area (Å²) in [6.45, 7) is 7.87. The second-order valence-electron chi connectivity index (χ2n) is 5.99. The number of rotatable bonds is 2. The molecule has 1 saturated heterocycles. The average Bonchev–Trinajstić information content (AvgIpc) is 2.92. The van der Waals surface area contributed by atoms with Crippen LogP contribution in [0.5, 0.6) is 0 Å². The van der Waals surface area contributed by atoms with E-state index in [-0.39, 0.29) is 23.9 Å². The molecule has 1 aliphatic heterocycles. The van der Waals surface area contributed by atoms with Crippen LogP contribution in [0.4, 0.5) is 0 Å². The molecule has 2 amide bonds. The van der Waals surface area contributed by atoms with Crippen molar-refractivity contribution in [2.45, 2.75) is 51.6 Å². The van der Waals surface area contributed by atoms with Crippen molar-refractivity contribution < 1.29 is 9.59 Å². The molecular formula is C12H20N2O2. The minimum Gasteiger partial charge on any atom is -0.341 e. The lowest BCUT2D eigenvalue weighted by atomic mass is 9.90. The van der Waals surface area contributed by atoms with Crippen LogP contribution in [0.25, 0.3) is 0 Å². The molecule has 1 aliphatic carbocycles. The van der Waals surface area contributed by atoms with E-state index < -0.39 is 5.54 Å². The summed E-state index contributed by atoms with van der Waals surface area (Å²) in [4.78, 5) is 25.7. The van der Waals surface area contributed by atoms with Gasteiger partial charge in [-0.2, -0.15) is 0 Å². The third-order valence-electron chi connectivity index (χ3n) is 3.81. The topological polar surface area (TPSA) is 49.4 Å². The lowest BCUT2D eigenvalue weighted by molar-refractivity contribution is -0.154. The molecule has 90 valence electrons. The van der Waals surface area contributed by atoms with Crippen molar-refractivity contribution >= 4 is 11.8 Å². The molecule has 1 N–H and O–H groups in total. The summed E-state index contributed by atoms with van der Waals surface area (Å²) in [7, 11) is 0. The van der Waals surface area contributed by atoms with E-state index in [1.807, 2.05) is 0 Å². The fourth-order valence-electron chi connectivity index (χ4n) is 2.47. The van der Waals surface area contributed by atoms with Gasteiger partial charge in [-0.3, -0.25) is 9.59 Å². The molecule has 0 atom stereocenters. The van der Waals surface area contributed by atoms with Gasteiger partial charge < -0.3 is 10.2 Å². The number of nitrogens with one attached hydrogen (secondary N) is 1. The molecule has 0 aromatic rings. The van der Waals surface area contributed by atoms with Crippen LogP contribution >= 0.6 is 0 Å². The number of piperazine rings is 1. The van der Waals surface area contributed by atoms with E-state index in [0.717, 1.165) is 0 Å². The molecule has 1 saturated carbocycles. The first kappa shape index (κ1) is 11.4. The van der Waals surface area contributed by atoms with Gasteiger partial charge in [0.1, 0.15) is 12.1 Å². The summed E-state index contributed by atoms with van der Waals surface area (Å²) in [6, 6.07) is 0. The molecule has 0 aromatic carbocycles. The maximum atomic E-state index is 12.3. The van der Waals surface area contributed by atoms with Gasteiger partial charge in [0.2, 0.25) is 11.8 Å². The smallest absolute Gasteiger partial charge is 0.248 e. The molecule has 4 nitrogen and oxygen atoms in total. The van der Waals surface area contributed by atoms with Crippen LogP contribution in [0.2, 0.25) is 0 Å². The molecule has 0 radical (unpaired) electrons. The van der Waals surface area contributed by atoms with Crippen LogP contribution in [0.3, 0.4) is 0 Å². The van der Waals surface area contributed by atoms with Crippen molar-refractivity contribution in [1.29, 1.82) is 0 Å². The molecule has 0 unspecified atom stereocenters. The van der Waals surface area contributed by atoms with E-state index in [1.165, 1.54) is 12.8 Å².